The maximum absolute atomic E-state index is 10.4. The number of hydrogen-bond acceptors (Lipinski definition) is 2. The number of carbonyl (C=O) groups is 1. The Bertz CT molecular complexity index is 428. The summed E-state index contributed by atoms with van der Waals surface area (Å²) in [7, 11) is 0. The standard InChI is InChI=1S/C15H21ClN2O/c1-2-13-4-3-12(9-15(13)16)10-18-7-5-14(6-8-18)17-11-19/h3-4,9,11,14H,2,5-8,10H2,1H3,(H,17,19). The van der Waals surface area contributed by atoms with Gasteiger partial charge in [0.15, 0.2) is 0 Å². The normalized spacial score (nSPS) is 17.4. The first-order valence-electron chi connectivity index (χ1n) is 6.92. The van der Waals surface area contributed by atoms with Crippen molar-refractivity contribution in [3.63, 3.8) is 0 Å². The fourth-order valence-electron chi connectivity index (χ4n) is 2.59. The van der Waals surface area contributed by atoms with Crippen LogP contribution >= 0.6 is 11.6 Å². The van der Waals surface area contributed by atoms with Crippen LogP contribution in [0.2, 0.25) is 5.02 Å². The van der Waals surface area contributed by atoms with Gasteiger partial charge in [-0.05, 0) is 36.5 Å². The molecular formula is C15H21ClN2O. The summed E-state index contributed by atoms with van der Waals surface area (Å²) in [5.41, 5.74) is 2.48. The monoisotopic (exact) mass is 280 g/mol. The van der Waals surface area contributed by atoms with Crippen LogP contribution in [0.1, 0.15) is 30.9 Å². The molecule has 1 heterocycles. The zero-order valence-corrected chi connectivity index (χ0v) is 12.1. The van der Waals surface area contributed by atoms with Crippen LogP contribution in [0.4, 0.5) is 0 Å². The molecule has 0 saturated carbocycles. The van der Waals surface area contributed by atoms with E-state index in [1.807, 2.05) is 0 Å². The number of piperidine rings is 1. The molecule has 1 saturated heterocycles. The van der Waals surface area contributed by atoms with Crippen LogP contribution in [0.15, 0.2) is 18.2 Å². The second kappa shape index (κ2) is 6.92. The number of aryl methyl sites for hydroxylation is 1. The zero-order valence-electron chi connectivity index (χ0n) is 11.4. The number of rotatable bonds is 5. The van der Waals surface area contributed by atoms with E-state index in [2.05, 4.69) is 35.3 Å². The molecule has 1 aromatic carbocycles. The van der Waals surface area contributed by atoms with Gasteiger partial charge in [0.05, 0.1) is 0 Å². The second-order valence-electron chi connectivity index (χ2n) is 5.11. The van der Waals surface area contributed by atoms with Gasteiger partial charge in [-0.25, -0.2) is 0 Å². The van der Waals surface area contributed by atoms with Crippen LogP contribution < -0.4 is 5.32 Å². The molecule has 0 aliphatic carbocycles. The van der Waals surface area contributed by atoms with Crippen molar-refractivity contribution in [2.24, 2.45) is 0 Å². The van der Waals surface area contributed by atoms with Crippen LogP contribution in [-0.2, 0) is 17.8 Å². The van der Waals surface area contributed by atoms with E-state index in [0.717, 1.165) is 50.3 Å². The van der Waals surface area contributed by atoms with Crippen LogP contribution in [0.5, 0.6) is 0 Å². The first-order chi connectivity index (χ1) is 9.22. The predicted molar refractivity (Wildman–Crippen MR) is 78.3 cm³/mol. The van der Waals surface area contributed by atoms with Crippen molar-refractivity contribution in [3.8, 4) is 0 Å². The van der Waals surface area contributed by atoms with Crippen LogP contribution in [-0.4, -0.2) is 30.4 Å². The number of hydrogen-bond donors (Lipinski definition) is 1. The van der Waals surface area contributed by atoms with Crippen molar-refractivity contribution in [1.29, 1.82) is 0 Å². The molecule has 2 rings (SSSR count). The first-order valence-corrected chi connectivity index (χ1v) is 7.30. The Morgan fingerprint density at radius 3 is 2.74 bits per heavy atom. The minimum Gasteiger partial charge on any atom is -0.356 e. The van der Waals surface area contributed by atoms with Gasteiger partial charge in [0.2, 0.25) is 6.41 Å². The molecule has 0 bridgehead atoms. The lowest BCUT2D eigenvalue weighted by molar-refractivity contribution is -0.110. The Morgan fingerprint density at radius 2 is 2.16 bits per heavy atom. The average molecular weight is 281 g/mol. The third-order valence-electron chi connectivity index (χ3n) is 3.80. The molecule has 1 N–H and O–H groups in total. The molecule has 1 aromatic rings. The molecule has 104 valence electrons. The summed E-state index contributed by atoms with van der Waals surface area (Å²) in [6.45, 7) is 5.11. The van der Waals surface area contributed by atoms with E-state index in [4.69, 9.17) is 11.6 Å². The molecular weight excluding hydrogens is 260 g/mol. The van der Waals surface area contributed by atoms with Crippen molar-refractivity contribution in [1.82, 2.24) is 10.2 Å². The van der Waals surface area contributed by atoms with Gasteiger partial charge in [0, 0.05) is 30.7 Å². The Morgan fingerprint density at radius 1 is 1.42 bits per heavy atom. The fraction of sp³-hybridized carbons (Fsp3) is 0.533. The van der Waals surface area contributed by atoms with Gasteiger partial charge in [-0.15, -0.1) is 0 Å². The molecule has 0 spiro atoms. The number of halogens is 1. The number of nitrogens with zero attached hydrogens (tertiary/aromatic N) is 1. The lowest BCUT2D eigenvalue weighted by atomic mass is 10.0. The van der Waals surface area contributed by atoms with E-state index in [1.165, 1.54) is 11.1 Å². The molecule has 19 heavy (non-hydrogen) atoms. The van der Waals surface area contributed by atoms with Crippen molar-refractivity contribution < 1.29 is 4.79 Å². The Labute approximate surface area is 119 Å². The Balaban J connectivity index is 1.88. The Kier molecular flexibility index (Phi) is 5.23. The molecule has 4 heteroatoms. The quantitative estimate of drug-likeness (QED) is 0.841. The maximum Gasteiger partial charge on any atom is 0.207 e. The van der Waals surface area contributed by atoms with Gasteiger partial charge < -0.3 is 5.32 Å². The second-order valence-corrected chi connectivity index (χ2v) is 5.52. The minimum atomic E-state index is 0.347. The third kappa shape index (κ3) is 3.95. The predicted octanol–water partition coefficient (Wildman–Crippen LogP) is 2.61. The molecule has 1 amide bonds. The van der Waals surface area contributed by atoms with Gasteiger partial charge in [-0.1, -0.05) is 30.7 Å². The van der Waals surface area contributed by atoms with E-state index in [1.54, 1.807) is 0 Å². The molecule has 1 aliphatic rings. The molecule has 0 aromatic heterocycles. The summed E-state index contributed by atoms with van der Waals surface area (Å²) in [5.74, 6) is 0. The highest BCUT2D eigenvalue weighted by Gasteiger charge is 2.18. The maximum atomic E-state index is 10.4. The van der Waals surface area contributed by atoms with Crippen LogP contribution in [0.25, 0.3) is 0 Å². The van der Waals surface area contributed by atoms with E-state index in [0.29, 0.717) is 6.04 Å². The summed E-state index contributed by atoms with van der Waals surface area (Å²) in [5, 5.41) is 3.74. The molecule has 0 atom stereocenters. The van der Waals surface area contributed by atoms with Crippen molar-refractivity contribution >= 4 is 18.0 Å². The topological polar surface area (TPSA) is 32.3 Å². The highest BCUT2D eigenvalue weighted by molar-refractivity contribution is 6.31. The van der Waals surface area contributed by atoms with E-state index in [-0.39, 0.29) is 0 Å². The Hall–Kier alpha value is -1.06. The number of amides is 1. The lowest BCUT2D eigenvalue weighted by Crippen LogP contribution is -2.41. The van der Waals surface area contributed by atoms with Gasteiger partial charge >= 0.3 is 0 Å². The van der Waals surface area contributed by atoms with Crippen molar-refractivity contribution in [3.05, 3.63) is 34.3 Å². The lowest BCUT2D eigenvalue weighted by Gasteiger charge is -2.31. The smallest absolute Gasteiger partial charge is 0.207 e. The van der Waals surface area contributed by atoms with Crippen LogP contribution in [0, 0.1) is 0 Å². The molecule has 3 nitrogen and oxygen atoms in total. The number of carbonyl (C=O) groups excluding carboxylic acids is 1. The van der Waals surface area contributed by atoms with Gasteiger partial charge in [-0.2, -0.15) is 0 Å². The van der Waals surface area contributed by atoms with Crippen molar-refractivity contribution in [2.45, 2.75) is 38.8 Å². The van der Waals surface area contributed by atoms with E-state index >= 15 is 0 Å². The fourth-order valence-corrected chi connectivity index (χ4v) is 2.92. The minimum absolute atomic E-state index is 0.347. The number of likely N-dealkylation sites (tertiary alicyclic amines) is 1. The van der Waals surface area contributed by atoms with Crippen molar-refractivity contribution in [2.75, 3.05) is 13.1 Å². The molecule has 1 aliphatic heterocycles. The summed E-state index contributed by atoms with van der Waals surface area (Å²) in [6.07, 6.45) is 3.84. The van der Waals surface area contributed by atoms with Gasteiger partial charge in [0.1, 0.15) is 0 Å². The van der Waals surface area contributed by atoms with Crippen LogP contribution in [0.3, 0.4) is 0 Å². The number of benzene rings is 1. The SMILES string of the molecule is CCc1ccc(CN2CCC(NC=O)CC2)cc1Cl. The molecule has 1 fully saturated rings. The summed E-state index contributed by atoms with van der Waals surface area (Å²) in [4.78, 5) is 12.8. The highest BCUT2D eigenvalue weighted by atomic mass is 35.5. The average Bonchev–Trinajstić information content (AvgIpc) is 2.42. The molecule has 0 radical (unpaired) electrons. The largest absolute Gasteiger partial charge is 0.356 e. The third-order valence-corrected chi connectivity index (χ3v) is 4.15. The number of nitrogens with one attached hydrogen (secondary N) is 1. The molecule has 0 unspecified atom stereocenters. The zero-order chi connectivity index (χ0) is 13.7. The summed E-state index contributed by atoms with van der Waals surface area (Å²) < 4.78 is 0. The summed E-state index contributed by atoms with van der Waals surface area (Å²) >= 11 is 6.24. The summed E-state index contributed by atoms with van der Waals surface area (Å²) in [6, 6.07) is 6.72. The van der Waals surface area contributed by atoms with Gasteiger partial charge in [-0.3, -0.25) is 9.69 Å². The first kappa shape index (κ1) is 14.4. The van der Waals surface area contributed by atoms with E-state index in [9.17, 15) is 4.79 Å². The van der Waals surface area contributed by atoms with Gasteiger partial charge in [0.25, 0.3) is 0 Å². The van der Waals surface area contributed by atoms with E-state index < -0.39 is 0 Å². The highest BCUT2D eigenvalue weighted by Crippen LogP contribution is 2.20.